The smallest absolute Gasteiger partial charge is 0.134 e. The first-order chi connectivity index (χ1) is 12.0. The van der Waals surface area contributed by atoms with E-state index in [1.54, 1.807) is 12.1 Å². The minimum Gasteiger partial charge on any atom is -0.490 e. The molecule has 0 spiro atoms. The number of nitrogens with zero attached hydrogens (tertiary/aromatic N) is 2. The van der Waals surface area contributed by atoms with Crippen LogP contribution >= 0.6 is 0 Å². The van der Waals surface area contributed by atoms with Crippen LogP contribution < -0.4 is 4.74 Å². The van der Waals surface area contributed by atoms with Crippen molar-refractivity contribution in [3.63, 3.8) is 0 Å². The standard InChI is InChI=1S/C18H24FN3O3/c1-13-17(14(2)21-20-13)9-22-6-7-24-11-18(23,10-22)12-25-16-5-3-4-15(19)8-16/h3-5,8,23H,6-7,9-12H2,1-2H3,(H,20,21)/t18-/m1/s1. The average Bonchev–Trinajstić information content (AvgIpc) is 2.78. The number of aromatic amines is 1. The number of β-amino-alcohol motifs (C(OH)–C–C–N with tert-alkyl or cyclic N) is 1. The van der Waals surface area contributed by atoms with Gasteiger partial charge in [-0.05, 0) is 26.0 Å². The van der Waals surface area contributed by atoms with Crippen LogP contribution in [0.2, 0.25) is 0 Å². The Labute approximate surface area is 146 Å². The molecule has 1 aliphatic heterocycles. The molecule has 25 heavy (non-hydrogen) atoms. The Morgan fingerprint density at radius 2 is 2.28 bits per heavy atom. The fourth-order valence-electron chi connectivity index (χ4n) is 3.02. The second kappa shape index (κ2) is 7.51. The van der Waals surface area contributed by atoms with Gasteiger partial charge < -0.3 is 14.6 Å². The molecule has 0 saturated carbocycles. The number of aliphatic hydroxyl groups is 1. The summed E-state index contributed by atoms with van der Waals surface area (Å²) in [4.78, 5) is 2.13. The van der Waals surface area contributed by atoms with Gasteiger partial charge in [0.05, 0.1) is 18.9 Å². The third kappa shape index (κ3) is 4.56. The van der Waals surface area contributed by atoms with Crippen molar-refractivity contribution >= 4 is 0 Å². The van der Waals surface area contributed by atoms with Crippen LogP contribution in [0.15, 0.2) is 24.3 Å². The van der Waals surface area contributed by atoms with Crippen LogP contribution in [0, 0.1) is 19.7 Å². The lowest BCUT2D eigenvalue weighted by Crippen LogP contribution is -2.48. The number of ether oxygens (including phenoxy) is 2. The third-order valence-corrected chi connectivity index (χ3v) is 4.41. The largest absolute Gasteiger partial charge is 0.490 e. The van der Waals surface area contributed by atoms with Crippen LogP contribution in [-0.4, -0.2) is 58.7 Å². The van der Waals surface area contributed by atoms with E-state index in [9.17, 15) is 9.50 Å². The van der Waals surface area contributed by atoms with Gasteiger partial charge in [0.2, 0.25) is 0 Å². The summed E-state index contributed by atoms with van der Waals surface area (Å²) in [6, 6.07) is 5.90. The van der Waals surface area contributed by atoms with Gasteiger partial charge in [0, 0.05) is 37.0 Å². The highest BCUT2D eigenvalue weighted by Gasteiger charge is 2.34. The SMILES string of the molecule is Cc1n[nH]c(C)c1CN1CCOC[C@@](O)(COc2cccc(F)c2)C1. The van der Waals surface area contributed by atoms with E-state index in [1.165, 1.54) is 12.1 Å². The molecule has 0 aliphatic carbocycles. The van der Waals surface area contributed by atoms with Gasteiger partial charge in [-0.25, -0.2) is 4.39 Å². The number of aryl methyl sites for hydroxylation is 2. The Balaban J connectivity index is 1.65. The Kier molecular flexibility index (Phi) is 5.36. The van der Waals surface area contributed by atoms with Crippen LogP contribution in [0.25, 0.3) is 0 Å². The maximum atomic E-state index is 13.3. The molecule has 1 aromatic carbocycles. The summed E-state index contributed by atoms with van der Waals surface area (Å²) in [6.07, 6.45) is 0. The molecule has 136 valence electrons. The van der Waals surface area contributed by atoms with E-state index in [0.29, 0.717) is 32.0 Å². The first-order valence-electron chi connectivity index (χ1n) is 8.36. The van der Waals surface area contributed by atoms with Crippen molar-refractivity contribution in [2.24, 2.45) is 0 Å². The Hall–Kier alpha value is -1.96. The Morgan fingerprint density at radius 3 is 3.00 bits per heavy atom. The van der Waals surface area contributed by atoms with Gasteiger partial charge in [-0.15, -0.1) is 0 Å². The lowest BCUT2D eigenvalue weighted by atomic mass is 10.1. The molecule has 2 heterocycles. The molecule has 1 aliphatic rings. The number of benzene rings is 1. The van der Waals surface area contributed by atoms with Crippen molar-refractivity contribution in [3.8, 4) is 5.75 Å². The molecule has 0 radical (unpaired) electrons. The summed E-state index contributed by atoms with van der Waals surface area (Å²) in [5, 5.41) is 18.1. The van der Waals surface area contributed by atoms with Gasteiger partial charge in [0.1, 0.15) is 23.8 Å². The normalized spacial score (nSPS) is 21.9. The lowest BCUT2D eigenvalue weighted by Gasteiger charge is -2.30. The van der Waals surface area contributed by atoms with E-state index in [-0.39, 0.29) is 19.0 Å². The summed E-state index contributed by atoms with van der Waals surface area (Å²) in [5.74, 6) is 0.0277. The van der Waals surface area contributed by atoms with E-state index < -0.39 is 5.60 Å². The van der Waals surface area contributed by atoms with Gasteiger partial charge in [-0.2, -0.15) is 5.10 Å². The van der Waals surface area contributed by atoms with Gasteiger partial charge in [-0.3, -0.25) is 10.00 Å². The highest BCUT2D eigenvalue weighted by molar-refractivity contribution is 5.23. The molecule has 6 nitrogen and oxygen atoms in total. The predicted molar refractivity (Wildman–Crippen MR) is 91.0 cm³/mol. The topological polar surface area (TPSA) is 70.6 Å². The second-order valence-electron chi connectivity index (χ2n) is 6.65. The van der Waals surface area contributed by atoms with Crippen LogP contribution in [0.4, 0.5) is 4.39 Å². The highest BCUT2D eigenvalue weighted by Crippen LogP contribution is 2.20. The van der Waals surface area contributed by atoms with Gasteiger partial charge in [-0.1, -0.05) is 6.07 Å². The minimum absolute atomic E-state index is 0.0380. The molecule has 1 fully saturated rings. The van der Waals surface area contributed by atoms with Crippen LogP contribution in [0.1, 0.15) is 17.0 Å². The van der Waals surface area contributed by atoms with E-state index in [2.05, 4.69) is 15.1 Å². The lowest BCUT2D eigenvalue weighted by molar-refractivity contribution is -0.0647. The van der Waals surface area contributed by atoms with Crippen molar-refractivity contribution in [3.05, 3.63) is 47.0 Å². The van der Waals surface area contributed by atoms with Crippen molar-refractivity contribution in [2.45, 2.75) is 26.0 Å². The number of hydrogen-bond acceptors (Lipinski definition) is 5. The van der Waals surface area contributed by atoms with E-state index in [1.807, 2.05) is 13.8 Å². The molecular formula is C18H24FN3O3. The summed E-state index contributed by atoms with van der Waals surface area (Å²) in [5.41, 5.74) is 1.97. The zero-order chi connectivity index (χ0) is 17.9. The van der Waals surface area contributed by atoms with E-state index in [0.717, 1.165) is 17.0 Å². The van der Waals surface area contributed by atoms with Gasteiger partial charge in [0.15, 0.2) is 0 Å². The summed E-state index contributed by atoms with van der Waals surface area (Å²) in [6.45, 7) is 6.52. The van der Waals surface area contributed by atoms with Gasteiger partial charge in [0.25, 0.3) is 0 Å². The second-order valence-corrected chi connectivity index (χ2v) is 6.65. The quantitative estimate of drug-likeness (QED) is 0.861. The number of halogens is 1. The van der Waals surface area contributed by atoms with E-state index >= 15 is 0 Å². The maximum Gasteiger partial charge on any atom is 0.134 e. The molecule has 7 heteroatoms. The summed E-state index contributed by atoms with van der Waals surface area (Å²) in [7, 11) is 0. The molecule has 2 aromatic rings. The Bertz CT molecular complexity index is 702. The number of hydrogen-bond donors (Lipinski definition) is 2. The van der Waals surface area contributed by atoms with Crippen molar-refractivity contribution < 1.29 is 19.0 Å². The maximum absolute atomic E-state index is 13.3. The molecule has 0 bridgehead atoms. The molecule has 1 saturated heterocycles. The molecule has 0 amide bonds. The molecular weight excluding hydrogens is 325 g/mol. The van der Waals surface area contributed by atoms with Crippen molar-refractivity contribution in [1.29, 1.82) is 0 Å². The number of nitrogens with one attached hydrogen (secondary N) is 1. The first kappa shape index (κ1) is 17.8. The fourth-order valence-corrected chi connectivity index (χ4v) is 3.02. The zero-order valence-corrected chi connectivity index (χ0v) is 14.6. The molecule has 1 atom stereocenters. The predicted octanol–water partition coefficient (Wildman–Crippen LogP) is 1.81. The molecule has 1 aromatic heterocycles. The number of aromatic nitrogens is 2. The summed E-state index contributed by atoms with van der Waals surface area (Å²) >= 11 is 0. The Morgan fingerprint density at radius 1 is 1.44 bits per heavy atom. The third-order valence-electron chi connectivity index (χ3n) is 4.41. The number of rotatable bonds is 5. The monoisotopic (exact) mass is 349 g/mol. The average molecular weight is 349 g/mol. The molecule has 0 unspecified atom stereocenters. The van der Waals surface area contributed by atoms with Crippen molar-refractivity contribution in [2.75, 3.05) is 32.9 Å². The molecule has 3 rings (SSSR count). The highest BCUT2D eigenvalue weighted by atomic mass is 19.1. The fraction of sp³-hybridized carbons (Fsp3) is 0.500. The van der Waals surface area contributed by atoms with Crippen molar-refractivity contribution in [1.82, 2.24) is 15.1 Å². The van der Waals surface area contributed by atoms with Crippen LogP contribution in [0.5, 0.6) is 5.75 Å². The molecule has 2 N–H and O–H groups in total. The number of H-pyrrole nitrogens is 1. The zero-order valence-electron chi connectivity index (χ0n) is 14.6. The van der Waals surface area contributed by atoms with Gasteiger partial charge >= 0.3 is 0 Å². The van der Waals surface area contributed by atoms with E-state index in [4.69, 9.17) is 9.47 Å². The summed E-state index contributed by atoms with van der Waals surface area (Å²) < 4.78 is 24.4. The minimum atomic E-state index is -1.16. The first-order valence-corrected chi connectivity index (χ1v) is 8.36. The van der Waals surface area contributed by atoms with Crippen LogP contribution in [0.3, 0.4) is 0 Å². The van der Waals surface area contributed by atoms with Crippen LogP contribution in [-0.2, 0) is 11.3 Å².